The number of likely N-dealkylation sites (tertiary alicyclic amines) is 1. The number of carboxylic acid groups (broad SMARTS) is 1. The molecule has 1 rings (SSSR count). The van der Waals surface area contributed by atoms with Crippen molar-refractivity contribution in [3.8, 4) is 0 Å². The van der Waals surface area contributed by atoms with Gasteiger partial charge in [0.1, 0.15) is 0 Å². The average molecular weight is 284 g/mol. The molecule has 5 heteroatoms. The molecule has 0 aromatic heterocycles. The Hall–Kier alpha value is -1.26. The number of hydrogen-bond acceptors (Lipinski definition) is 2. The van der Waals surface area contributed by atoms with Gasteiger partial charge in [0.15, 0.2) is 0 Å². The molecule has 1 saturated heterocycles. The van der Waals surface area contributed by atoms with Crippen LogP contribution in [0.25, 0.3) is 0 Å². The van der Waals surface area contributed by atoms with Crippen molar-refractivity contribution in [2.75, 3.05) is 19.6 Å². The number of urea groups is 1. The predicted molar refractivity (Wildman–Crippen MR) is 78.6 cm³/mol. The molecule has 2 amide bonds. The monoisotopic (exact) mass is 284 g/mol. The quantitative estimate of drug-likeness (QED) is 0.788. The molecule has 2 unspecified atom stereocenters. The van der Waals surface area contributed by atoms with E-state index in [9.17, 15) is 14.7 Å². The standard InChI is InChI=1S/C15H28N2O3/c1-4-7-15(13(18)19)8-6-9-17(11-15)14(20)16-10-12(3)5-2/h12H,4-11H2,1-3H3,(H,16,20)(H,18,19). The van der Waals surface area contributed by atoms with Crippen LogP contribution in [0, 0.1) is 11.3 Å². The van der Waals surface area contributed by atoms with E-state index in [0.29, 0.717) is 38.4 Å². The lowest BCUT2D eigenvalue weighted by Crippen LogP contribution is -2.53. The fourth-order valence-corrected chi connectivity index (χ4v) is 2.79. The van der Waals surface area contributed by atoms with E-state index in [2.05, 4.69) is 19.2 Å². The van der Waals surface area contributed by atoms with Crippen LogP contribution >= 0.6 is 0 Å². The molecule has 2 atom stereocenters. The Morgan fingerprint density at radius 1 is 1.40 bits per heavy atom. The van der Waals surface area contributed by atoms with Gasteiger partial charge in [0.05, 0.1) is 5.41 Å². The fraction of sp³-hybridized carbons (Fsp3) is 0.867. The van der Waals surface area contributed by atoms with E-state index in [4.69, 9.17) is 0 Å². The highest BCUT2D eigenvalue weighted by Crippen LogP contribution is 2.35. The van der Waals surface area contributed by atoms with Crippen LogP contribution in [0.3, 0.4) is 0 Å². The van der Waals surface area contributed by atoms with Crippen molar-refractivity contribution in [3.05, 3.63) is 0 Å². The maximum atomic E-state index is 12.2. The van der Waals surface area contributed by atoms with Gasteiger partial charge < -0.3 is 15.3 Å². The van der Waals surface area contributed by atoms with Crippen LogP contribution in [0.15, 0.2) is 0 Å². The lowest BCUT2D eigenvalue weighted by molar-refractivity contribution is -0.152. The molecule has 1 aliphatic rings. The number of piperidine rings is 1. The molecule has 1 heterocycles. The van der Waals surface area contributed by atoms with Crippen LogP contribution in [0.4, 0.5) is 4.79 Å². The molecular formula is C15H28N2O3. The van der Waals surface area contributed by atoms with Crippen molar-refractivity contribution >= 4 is 12.0 Å². The van der Waals surface area contributed by atoms with Crippen molar-refractivity contribution in [2.24, 2.45) is 11.3 Å². The molecule has 2 N–H and O–H groups in total. The van der Waals surface area contributed by atoms with E-state index in [-0.39, 0.29) is 6.03 Å². The van der Waals surface area contributed by atoms with Crippen molar-refractivity contribution < 1.29 is 14.7 Å². The highest BCUT2D eigenvalue weighted by molar-refractivity contribution is 5.78. The highest BCUT2D eigenvalue weighted by Gasteiger charge is 2.42. The van der Waals surface area contributed by atoms with Crippen LogP contribution in [0.2, 0.25) is 0 Å². The van der Waals surface area contributed by atoms with Crippen molar-refractivity contribution in [2.45, 2.75) is 52.9 Å². The zero-order valence-electron chi connectivity index (χ0n) is 12.9. The molecule has 0 aromatic carbocycles. The number of carbonyl (C=O) groups is 2. The van der Waals surface area contributed by atoms with E-state index in [1.807, 2.05) is 6.92 Å². The molecule has 0 saturated carbocycles. The minimum Gasteiger partial charge on any atom is -0.481 e. The van der Waals surface area contributed by atoms with Crippen LogP contribution in [-0.4, -0.2) is 41.6 Å². The Kier molecular flexibility index (Phi) is 6.30. The third-order valence-electron chi connectivity index (χ3n) is 4.35. The SMILES string of the molecule is CCCC1(C(=O)O)CCCN(C(=O)NCC(C)CC)C1. The number of aliphatic carboxylic acids is 1. The lowest BCUT2D eigenvalue weighted by Gasteiger charge is -2.40. The van der Waals surface area contributed by atoms with Gasteiger partial charge in [-0.15, -0.1) is 0 Å². The molecule has 0 aromatic rings. The van der Waals surface area contributed by atoms with Crippen molar-refractivity contribution in [3.63, 3.8) is 0 Å². The summed E-state index contributed by atoms with van der Waals surface area (Å²) >= 11 is 0. The summed E-state index contributed by atoms with van der Waals surface area (Å²) in [6.07, 6.45) is 3.93. The summed E-state index contributed by atoms with van der Waals surface area (Å²) in [7, 11) is 0. The van der Waals surface area contributed by atoms with Gasteiger partial charge in [-0.2, -0.15) is 0 Å². The van der Waals surface area contributed by atoms with Crippen LogP contribution < -0.4 is 5.32 Å². The molecule has 20 heavy (non-hydrogen) atoms. The Labute approximate surface area is 121 Å². The third kappa shape index (κ3) is 4.12. The molecule has 0 radical (unpaired) electrons. The normalized spacial score (nSPS) is 24.2. The largest absolute Gasteiger partial charge is 0.481 e. The Bertz CT molecular complexity index is 342. The summed E-state index contributed by atoms with van der Waals surface area (Å²) in [4.78, 5) is 25.4. The zero-order chi connectivity index (χ0) is 15.2. The molecule has 1 aliphatic heterocycles. The number of carboxylic acids is 1. The first kappa shape index (κ1) is 16.8. The number of carbonyl (C=O) groups excluding carboxylic acids is 1. The summed E-state index contributed by atoms with van der Waals surface area (Å²) in [5.41, 5.74) is -0.749. The smallest absolute Gasteiger partial charge is 0.317 e. The van der Waals surface area contributed by atoms with Crippen LogP contribution in [0.5, 0.6) is 0 Å². The summed E-state index contributed by atoms with van der Waals surface area (Å²) in [5.74, 6) is -0.317. The number of hydrogen-bond donors (Lipinski definition) is 2. The van der Waals surface area contributed by atoms with Crippen LogP contribution in [0.1, 0.15) is 52.9 Å². The summed E-state index contributed by atoms with van der Waals surface area (Å²) in [6.45, 7) is 7.82. The van der Waals surface area contributed by atoms with Gasteiger partial charge in [-0.3, -0.25) is 4.79 Å². The summed E-state index contributed by atoms with van der Waals surface area (Å²) in [5, 5.41) is 12.4. The maximum absolute atomic E-state index is 12.2. The summed E-state index contributed by atoms with van der Waals surface area (Å²) in [6, 6.07) is -0.119. The van der Waals surface area contributed by atoms with Gasteiger partial charge in [-0.05, 0) is 25.2 Å². The highest BCUT2D eigenvalue weighted by atomic mass is 16.4. The first-order chi connectivity index (χ1) is 9.45. The number of rotatable bonds is 6. The van der Waals surface area contributed by atoms with Gasteiger partial charge in [0.2, 0.25) is 0 Å². The van der Waals surface area contributed by atoms with Gasteiger partial charge in [0, 0.05) is 19.6 Å². The number of nitrogens with zero attached hydrogens (tertiary/aromatic N) is 1. The first-order valence-electron chi connectivity index (χ1n) is 7.71. The molecular weight excluding hydrogens is 256 g/mol. The minimum absolute atomic E-state index is 0.119. The van der Waals surface area contributed by atoms with Gasteiger partial charge in [0.25, 0.3) is 0 Å². The van der Waals surface area contributed by atoms with E-state index < -0.39 is 11.4 Å². The van der Waals surface area contributed by atoms with Gasteiger partial charge >= 0.3 is 12.0 Å². The molecule has 1 fully saturated rings. The van der Waals surface area contributed by atoms with Gasteiger partial charge in [-0.25, -0.2) is 4.79 Å². The molecule has 5 nitrogen and oxygen atoms in total. The van der Waals surface area contributed by atoms with E-state index in [0.717, 1.165) is 19.3 Å². The Morgan fingerprint density at radius 3 is 2.65 bits per heavy atom. The second-order valence-electron chi connectivity index (χ2n) is 6.06. The maximum Gasteiger partial charge on any atom is 0.317 e. The lowest BCUT2D eigenvalue weighted by atomic mass is 9.76. The minimum atomic E-state index is -0.765. The zero-order valence-corrected chi connectivity index (χ0v) is 12.9. The summed E-state index contributed by atoms with van der Waals surface area (Å²) < 4.78 is 0. The fourth-order valence-electron chi connectivity index (χ4n) is 2.79. The van der Waals surface area contributed by atoms with E-state index in [1.54, 1.807) is 4.90 Å². The third-order valence-corrected chi connectivity index (χ3v) is 4.35. The molecule has 0 bridgehead atoms. The topological polar surface area (TPSA) is 69.6 Å². The Morgan fingerprint density at radius 2 is 2.10 bits per heavy atom. The molecule has 0 spiro atoms. The van der Waals surface area contributed by atoms with Crippen molar-refractivity contribution in [1.82, 2.24) is 10.2 Å². The van der Waals surface area contributed by atoms with E-state index >= 15 is 0 Å². The number of nitrogens with one attached hydrogen (secondary N) is 1. The van der Waals surface area contributed by atoms with Crippen LogP contribution in [-0.2, 0) is 4.79 Å². The molecule has 116 valence electrons. The van der Waals surface area contributed by atoms with E-state index in [1.165, 1.54) is 0 Å². The second-order valence-corrected chi connectivity index (χ2v) is 6.06. The average Bonchev–Trinajstić information content (AvgIpc) is 2.44. The molecule has 0 aliphatic carbocycles. The first-order valence-corrected chi connectivity index (χ1v) is 7.71. The number of amides is 2. The van der Waals surface area contributed by atoms with Crippen molar-refractivity contribution in [1.29, 1.82) is 0 Å². The second kappa shape index (κ2) is 7.50. The Balaban J connectivity index is 2.63. The van der Waals surface area contributed by atoms with Gasteiger partial charge in [-0.1, -0.05) is 33.6 Å². The predicted octanol–water partition coefficient (Wildman–Crippen LogP) is 2.71.